The Balaban J connectivity index is 1.97. The maximum Gasteiger partial charge on any atom is 0.252 e. The average Bonchev–Trinajstić information content (AvgIpc) is 3.00. The normalized spacial score (nSPS) is 20.6. The molecule has 8 heteroatoms. The van der Waals surface area contributed by atoms with E-state index in [9.17, 15) is 13.2 Å². The van der Waals surface area contributed by atoms with Crippen molar-refractivity contribution in [2.75, 3.05) is 13.1 Å². The Kier molecular flexibility index (Phi) is 7.49. The predicted molar refractivity (Wildman–Crippen MR) is 105 cm³/mol. The maximum absolute atomic E-state index is 12.8. The summed E-state index contributed by atoms with van der Waals surface area (Å²) in [5.74, 6) is 0.316. The molecule has 5 nitrogen and oxygen atoms in total. The Morgan fingerprint density at radius 1 is 1.36 bits per heavy atom. The van der Waals surface area contributed by atoms with Crippen molar-refractivity contribution in [3.05, 3.63) is 15.9 Å². The van der Waals surface area contributed by atoms with Gasteiger partial charge in [-0.1, -0.05) is 13.8 Å². The van der Waals surface area contributed by atoms with E-state index in [1.54, 1.807) is 12.1 Å². The molecule has 25 heavy (non-hydrogen) atoms. The van der Waals surface area contributed by atoms with Crippen molar-refractivity contribution >= 4 is 43.2 Å². The molecule has 0 saturated carbocycles. The predicted octanol–water partition coefficient (Wildman–Crippen LogP) is 3.85. The molecule has 2 atom stereocenters. The minimum absolute atomic E-state index is 0.0245. The molecule has 0 spiro atoms. The van der Waals surface area contributed by atoms with Gasteiger partial charge in [-0.2, -0.15) is 4.31 Å². The van der Waals surface area contributed by atoms with Gasteiger partial charge in [-0.3, -0.25) is 4.79 Å². The van der Waals surface area contributed by atoms with Crippen LogP contribution in [0, 0.1) is 11.8 Å². The molecule has 2 unspecified atom stereocenters. The van der Waals surface area contributed by atoms with Gasteiger partial charge in [-0.25, -0.2) is 8.42 Å². The molecule has 1 aromatic heterocycles. The number of thiophene rings is 1. The molecule has 2 rings (SSSR count). The minimum atomic E-state index is -3.52. The van der Waals surface area contributed by atoms with Crippen LogP contribution in [0.4, 0.5) is 0 Å². The van der Waals surface area contributed by atoms with Crippen LogP contribution in [-0.2, 0) is 14.8 Å². The van der Waals surface area contributed by atoms with Gasteiger partial charge in [0.1, 0.15) is 4.21 Å². The Hall–Kier alpha value is -0.440. The first-order valence-electron chi connectivity index (χ1n) is 8.76. The molecule has 1 aliphatic heterocycles. The Labute approximate surface area is 163 Å². The quantitative estimate of drug-likeness (QED) is 0.685. The van der Waals surface area contributed by atoms with Gasteiger partial charge in [0.25, 0.3) is 10.0 Å². The number of halogens is 1. The first-order valence-corrected chi connectivity index (χ1v) is 11.8. The smallest absolute Gasteiger partial charge is 0.252 e. The lowest BCUT2D eigenvalue weighted by Gasteiger charge is -2.31. The molecule has 1 fully saturated rings. The van der Waals surface area contributed by atoms with E-state index in [4.69, 9.17) is 0 Å². The molecule has 142 valence electrons. The standard InChI is InChI=1S/C17H27BrN2O3S2/c1-12(2)6-7-13(3)19-17(21)14-5-4-10-20(11-14)25(22,23)16-9-8-15(18)24-16/h8-9,12-14H,4-7,10-11H2,1-3H3,(H,19,21). The van der Waals surface area contributed by atoms with Crippen molar-refractivity contribution in [3.63, 3.8) is 0 Å². The van der Waals surface area contributed by atoms with Gasteiger partial charge in [0.2, 0.25) is 5.91 Å². The summed E-state index contributed by atoms with van der Waals surface area (Å²) in [6.45, 7) is 7.09. The van der Waals surface area contributed by atoms with Gasteiger partial charge in [0, 0.05) is 19.1 Å². The highest BCUT2D eigenvalue weighted by molar-refractivity contribution is 9.11. The van der Waals surface area contributed by atoms with E-state index in [0.29, 0.717) is 23.1 Å². The number of nitrogens with one attached hydrogen (secondary N) is 1. The van der Waals surface area contributed by atoms with Crippen molar-refractivity contribution in [1.82, 2.24) is 9.62 Å². The van der Waals surface area contributed by atoms with E-state index in [-0.39, 0.29) is 24.4 Å². The molecular weight excluding hydrogens is 424 g/mol. The van der Waals surface area contributed by atoms with Gasteiger partial charge in [-0.15, -0.1) is 11.3 Å². The summed E-state index contributed by atoms with van der Waals surface area (Å²) < 4.78 is 28.1. The first kappa shape index (κ1) is 20.9. The number of amides is 1. The first-order chi connectivity index (χ1) is 11.7. The lowest BCUT2D eigenvalue weighted by Crippen LogP contribution is -2.47. The van der Waals surface area contributed by atoms with Crippen LogP contribution in [0.5, 0.6) is 0 Å². The molecule has 0 aromatic carbocycles. The second-order valence-electron chi connectivity index (χ2n) is 7.14. The van der Waals surface area contributed by atoms with Crippen molar-refractivity contribution in [2.24, 2.45) is 11.8 Å². The third-order valence-electron chi connectivity index (χ3n) is 4.46. The van der Waals surface area contributed by atoms with Crippen molar-refractivity contribution < 1.29 is 13.2 Å². The van der Waals surface area contributed by atoms with Crippen LogP contribution in [0.25, 0.3) is 0 Å². The summed E-state index contributed by atoms with van der Waals surface area (Å²) in [5.41, 5.74) is 0. The molecule has 0 radical (unpaired) electrons. The van der Waals surface area contributed by atoms with Crippen LogP contribution in [0.15, 0.2) is 20.1 Å². The van der Waals surface area contributed by atoms with Gasteiger partial charge in [0.05, 0.1) is 9.70 Å². The topological polar surface area (TPSA) is 66.5 Å². The van der Waals surface area contributed by atoms with Gasteiger partial charge >= 0.3 is 0 Å². The van der Waals surface area contributed by atoms with Crippen molar-refractivity contribution in [1.29, 1.82) is 0 Å². The average molecular weight is 451 g/mol. The van der Waals surface area contributed by atoms with Crippen molar-refractivity contribution in [3.8, 4) is 0 Å². The monoisotopic (exact) mass is 450 g/mol. The molecule has 1 aromatic rings. The minimum Gasteiger partial charge on any atom is -0.353 e. The fraction of sp³-hybridized carbons (Fsp3) is 0.706. The molecule has 1 N–H and O–H groups in total. The number of hydrogen-bond donors (Lipinski definition) is 1. The maximum atomic E-state index is 12.8. The molecule has 1 aliphatic rings. The highest BCUT2D eigenvalue weighted by atomic mass is 79.9. The zero-order chi connectivity index (χ0) is 18.6. The molecule has 1 saturated heterocycles. The second-order valence-corrected chi connectivity index (χ2v) is 11.8. The zero-order valence-corrected chi connectivity index (χ0v) is 18.2. The lowest BCUT2D eigenvalue weighted by atomic mass is 9.97. The van der Waals surface area contributed by atoms with Crippen LogP contribution >= 0.6 is 27.3 Å². The number of piperidine rings is 1. The number of hydrogen-bond acceptors (Lipinski definition) is 4. The SMILES string of the molecule is CC(C)CCC(C)NC(=O)C1CCCN(S(=O)(=O)c2ccc(Br)s2)C1. The number of carbonyl (C=O) groups is 1. The third kappa shape index (κ3) is 5.77. The van der Waals surface area contributed by atoms with Gasteiger partial charge in [0.15, 0.2) is 0 Å². The molecule has 0 aliphatic carbocycles. The van der Waals surface area contributed by atoms with E-state index >= 15 is 0 Å². The summed E-state index contributed by atoms with van der Waals surface area (Å²) in [6, 6.07) is 3.47. The molecular formula is C17H27BrN2O3S2. The van der Waals surface area contributed by atoms with Crippen LogP contribution in [0.1, 0.15) is 46.5 Å². The fourth-order valence-electron chi connectivity index (χ4n) is 2.95. The number of carbonyl (C=O) groups excluding carboxylic acids is 1. The summed E-state index contributed by atoms with van der Waals surface area (Å²) in [4.78, 5) is 12.5. The largest absolute Gasteiger partial charge is 0.353 e. The molecule has 0 bridgehead atoms. The zero-order valence-electron chi connectivity index (χ0n) is 15.0. The second kappa shape index (κ2) is 8.97. The van der Waals surface area contributed by atoms with Crippen LogP contribution in [-0.4, -0.2) is 37.8 Å². The Morgan fingerprint density at radius 2 is 2.08 bits per heavy atom. The third-order valence-corrected chi connectivity index (χ3v) is 8.42. The van der Waals surface area contributed by atoms with E-state index in [0.717, 1.165) is 23.0 Å². The molecule has 1 amide bonds. The van der Waals surface area contributed by atoms with Crippen LogP contribution < -0.4 is 5.32 Å². The lowest BCUT2D eigenvalue weighted by molar-refractivity contribution is -0.126. The van der Waals surface area contributed by atoms with E-state index in [1.807, 2.05) is 6.92 Å². The summed E-state index contributed by atoms with van der Waals surface area (Å²) in [5, 5.41) is 3.06. The number of rotatable bonds is 7. The van der Waals surface area contributed by atoms with E-state index in [1.165, 1.54) is 15.6 Å². The van der Waals surface area contributed by atoms with Crippen LogP contribution in [0.2, 0.25) is 0 Å². The fourth-order valence-corrected chi connectivity index (χ4v) is 6.64. The number of sulfonamides is 1. The Morgan fingerprint density at radius 3 is 2.68 bits per heavy atom. The molecule has 2 heterocycles. The summed E-state index contributed by atoms with van der Waals surface area (Å²) >= 11 is 4.51. The highest BCUT2D eigenvalue weighted by Gasteiger charge is 2.34. The van der Waals surface area contributed by atoms with Crippen molar-refractivity contribution in [2.45, 2.75) is 56.7 Å². The summed E-state index contributed by atoms with van der Waals surface area (Å²) in [7, 11) is -3.52. The highest BCUT2D eigenvalue weighted by Crippen LogP contribution is 2.30. The van der Waals surface area contributed by atoms with E-state index < -0.39 is 10.0 Å². The van der Waals surface area contributed by atoms with Crippen LogP contribution in [0.3, 0.4) is 0 Å². The summed E-state index contributed by atoms with van der Waals surface area (Å²) in [6.07, 6.45) is 3.47. The Bertz CT molecular complexity index is 688. The van der Waals surface area contributed by atoms with Gasteiger partial charge < -0.3 is 5.32 Å². The van der Waals surface area contributed by atoms with Gasteiger partial charge in [-0.05, 0) is 66.6 Å². The van der Waals surface area contributed by atoms with E-state index in [2.05, 4.69) is 35.1 Å². The number of nitrogens with zero attached hydrogens (tertiary/aromatic N) is 1.